The molecule has 0 aromatic heterocycles. The second-order valence-corrected chi connectivity index (χ2v) is 8.40. The van der Waals surface area contributed by atoms with Gasteiger partial charge < -0.3 is 24.6 Å². The molecule has 1 aromatic rings. The minimum Gasteiger partial charge on any atom is -0.493 e. The predicted molar refractivity (Wildman–Crippen MR) is 114 cm³/mol. The summed E-state index contributed by atoms with van der Waals surface area (Å²) in [6.07, 6.45) is 6.85. The highest BCUT2D eigenvalue weighted by molar-refractivity contribution is 5.80. The van der Waals surface area contributed by atoms with Crippen molar-refractivity contribution in [2.75, 3.05) is 55.0 Å². The van der Waals surface area contributed by atoms with E-state index < -0.39 is 0 Å². The lowest BCUT2D eigenvalue weighted by Crippen LogP contribution is -2.44. The number of likely N-dealkylation sites (N-methyl/N-ethyl adjacent to an activating group) is 1. The van der Waals surface area contributed by atoms with E-state index in [2.05, 4.69) is 46.3 Å². The standard InChI is InChI=1S/C22H36N4O2/c1-23-21(26-13-12-22(16-26)10-6-7-11-22)24-15-18(25(2)3)17-8-9-19(27-4)20(14-17)28-5/h8-9,14,18H,6-7,10-13,15-16H2,1-5H3,(H,23,24). The molecule has 6 nitrogen and oxygen atoms in total. The molecule has 1 N–H and O–H groups in total. The quantitative estimate of drug-likeness (QED) is 0.599. The molecule has 1 atom stereocenters. The molecule has 1 spiro atoms. The van der Waals surface area contributed by atoms with E-state index in [-0.39, 0.29) is 6.04 Å². The van der Waals surface area contributed by atoms with Gasteiger partial charge in [0.2, 0.25) is 0 Å². The molecule has 1 unspecified atom stereocenters. The smallest absolute Gasteiger partial charge is 0.193 e. The summed E-state index contributed by atoms with van der Waals surface area (Å²) in [6.45, 7) is 3.05. The number of rotatable bonds is 6. The van der Waals surface area contributed by atoms with Crippen LogP contribution in [0.5, 0.6) is 11.5 Å². The summed E-state index contributed by atoms with van der Waals surface area (Å²) in [5, 5.41) is 3.63. The fourth-order valence-electron chi connectivity index (χ4n) is 4.83. The largest absolute Gasteiger partial charge is 0.493 e. The third-order valence-corrected chi connectivity index (χ3v) is 6.48. The minimum absolute atomic E-state index is 0.208. The summed E-state index contributed by atoms with van der Waals surface area (Å²) >= 11 is 0. The summed E-state index contributed by atoms with van der Waals surface area (Å²) in [4.78, 5) is 9.26. The van der Waals surface area contributed by atoms with Gasteiger partial charge in [0.15, 0.2) is 17.5 Å². The maximum absolute atomic E-state index is 5.49. The number of methoxy groups -OCH3 is 2. The first kappa shape index (κ1) is 20.8. The van der Waals surface area contributed by atoms with E-state index >= 15 is 0 Å². The van der Waals surface area contributed by atoms with Crippen LogP contribution in [0.1, 0.15) is 43.7 Å². The molecule has 1 aliphatic heterocycles. The van der Waals surface area contributed by atoms with Crippen LogP contribution < -0.4 is 14.8 Å². The first-order valence-corrected chi connectivity index (χ1v) is 10.4. The van der Waals surface area contributed by atoms with E-state index in [4.69, 9.17) is 9.47 Å². The Balaban J connectivity index is 1.67. The second kappa shape index (κ2) is 9.03. The predicted octanol–water partition coefficient (Wildman–Crippen LogP) is 3.15. The van der Waals surface area contributed by atoms with Crippen molar-refractivity contribution in [3.05, 3.63) is 23.8 Å². The van der Waals surface area contributed by atoms with Crippen LogP contribution in [0.2, 0.25) is 0 Å². The van der Waals surface area contributed by atoms with Gasteiger partial charge in [0.25, 0.3) is 0 Å². The van der Waals surface area contributed by atoms with Gasteiger partial charge in [0.1, 0.15) is 0 Å². The third kappa shape index (κ3) is 4.37. The van der Waals surface area contributed by atoms with E-state index in [0.717, 1.165) is 37.1 Å². The molecule has 2 fully saturated rings. The molecule has 0 bridgehead atoms. The van der Waals surface area contributed by atoms with Crippen molar-refractivity contribution in [1.29, 1.82) is 0 Å². The lowest BCUT2D eigenvalue weighted by Gasteiger charge is -2.29. The average molecular weight is 389 g/mol. The normalized spacial score (nSPS) is 20.1. The number of nitrogens with zero attached hydrogens (tertiary/aromatic N) is 3. The minimum atomic E-state index is 0.208. The van der Waals surface area contributed by atoms with E-state index in [1.54, 1.807) is 14.2 Å². The van der Waals surface area contributed by atoms with Gasteiger partial charge >= 0.3 is 0 Å². The first-order chi connectivity index (χ1) is 13.5. The molecular formula is C22H36N4O2. The fraction of sp³-hybridized carbons (Fsp3) is 0.682. The Morgan fingerprint density at radius 2 is 1.89 bits per heavy atom. The summed E-state index contributed by atoms with van der Waals surface area (Å²) in [5.41, 5.74) is 1.74. The van der Waals surface area contributed by atoms with Crippen LogP contribution in [-0.2, 0) is 0 Å². The zero-order valence-electron chi connectivity index (χ0n) is 18.1. The zero-order valence-corrected chi connectivity index (χ0v) is 18.1. The number of likely N-dealkylation sites (tertiary alicyclic amines) is 1. The second-order valence-electron chi connectivity index (χ2n) is 8.40. The van der Waals surface area contributed by atoms with Crippen molar-refractivity contribution in [3.63, 3.8) is 0 Å². The first-order valence-electron chi connectivity index (χ1n) is 10.4. The summed E-state index contributed by atoms with van der Waals surface area (Å²) in [7, 11) is 9.45. The molecule has 28 heavy (non-hydrogen) atoms. The van der Waals surface area contributed by atoms with Crippen LogP contribution in [0.15, 0.2) is 23.2 Å². The Kier molecular flexibility index (Phi) is 6.70. The molecule has 0 amide bonds. The Morgan fingerprint density at radius 1 is 1.18 bits per heavy atom. The highest BCUT2D eigenvalue weighted by atomic mass is 16.5. The number of aliphatic imine (C=N–C) groups is 1. The third-order valence-electron chi connectivity index (χ3n) is 6.48. The van der Waals surface area contributed by atoms with E-state index in [1.807, 2.05) is 13.1 Å². The Hall–Kier alpha value is -1.95. The van der Waals surface area contributed by atoms with Crippen LogP contribution in [-0.4, -0.2) is 70.8 Å². The topological polar surface area (TPSA) is 49.3 Å². The molecule has 1 heterocycles. The molecule has 3 rings (SSSR count). The summed E-state index contributed by atoms with van der Waals surface area (Å²) in [6, 6.07) is 6.36. The van der Waals surface area contributed by atoms with Crippen LogP contribution in [0.4, 0.5) is 0 Å². The summed E-state index contributed by atoms with van der Waals surface area (Å²) < 4.78 is 10.9. The Labute approximate surface area is 169 Å². The highest BCUT2D eigenvalue weighted by Gasteiger charge is 2.41. The van der Waals surface area contributed by atoms with Gasteiger partial charge in [-0.3, -0.25) is 4.99 Å². The van der Waals surface area contributed by atoms with Gasteiger partial charge in [-0.15, -0.1) is 0 Å². The van der Waals surface area contributed by atoms with E-state index in [1.165, 1.54) is 37.7 Å². The van der Waals surface area contributed by atoms with Crippen LogP contribution >= 0.6 is 0 Å². The molecule has 0 radical (unpaired) electrons. The van der Waals surface area contributed by atoms with Crippen molar-refractivity contribution < 1.29 is 9.47 Å². The SMILES string of the molecule is CN=C(NCC(c1ccc(OC)c(OC)c1)N(C)C)N1CCC2(CCCC2)C1. The lowest BCUT2D eigenvalue weighted by atomic mass is 9.86. The lowest BCUT2D eigenvalue weighted by molar-refractivity contribution is 0.288. The molecule has 1 saturated heterocycles. The van der Waals surface area contributed by atoms with Crippen molar-refractivity contribution in [3.8, 4) is 11.5 Å². The van der Waals surface area contributed by atoms with Crippen LogP contribution in [0.3, 0.4) is 0 Å². The van der Waals surface area contributed by atoms with Gasteiger partial charge in [-0.05, 0) is 56.5 Å². The molecule has 1 aliphatic carbocycles. The van der Waals surface area contributed by atoms with E-state index in [0.29, 0.717) is 5.41 Å². The maximum Gasteiger partial charge on any atom is 0.193 e. The molecule has 1 aromatic carbocycles. The van der Waals surface area contributed by atoms with Gasteiger partial charge in [-0.25, -0.2) is 0 Å². The van der Waals surface area contributed by atoms with Gasteiger partial charge in [0.05, 0.1) is 20.3 Å². The Morgan fingerprint density at radius 3 is 2.50 bits per heavy atom. The number of hydrogen-bond acceptors (Lipinski definition) is 4. The van der Waals surface area contributed by atoms with Crippen molar-refractivity contribution in [2.45, 2.75) is 38.1 Å². The zero-order chi connectivity index (χ0) is 20.1. The maximum atomic E-state index is 5.49. The van der Waals surface area contributed by atoms with Gasteiger partial charge in [-0.2, -0.15) is 0 Å². The summed E-state index contributed by atoms with van der Waals surface area (Å²) in [5.74, 6) is 2.54. The van der Waals surface area contributed by atoms with Gasteiger partial charge in [0, 0.05) is 26.7 Å². The molecule has 6 heteroatoms. The number of hydrogen-bond donors (Lipinski definition) is 1. The monoisotopic (exact) mass is 388 g/mol. The van der Waals surface area contributed by atoms with E-state index in [9.17, 15) is 0 Å². The molecule has 156 valence electrons. The molecule has 2 aliphatic rings. The Bertz CT molecular complexity index is 683. The van der Waals surface area contributed by atoms with Crippen molar-refractivity contribution in [2.24, 2.45) is 10.4 Å². The average Bonchev–Trinajstić information content (AvgIpc) is 3.34. The van der Waals surface area contributed by atoms with Crippen molar-refractivity contribution in [1.82, 2.24) is 15.1 Å². The highest BCUT2D eigenvalue weighted by Crippen LogP contribution is 2.45. The molecular weight excluding hydrogens is 352 g/mol. The van der Waals surface area contributed by atoms with Crippen LogP contribution in [0, 0.1) is 5.41 Å². The van der Waals surface area contributed by atoms with Crippen molar-refractivity contribution >= 4 is 5.96 Å². The van der Waals surface area contributed by atoms with Gasteiger partial charge in [-0.1, -0.05) is 18.9 Å². The number of benzene rings is 1. The fourth-order valence-corrected chi connectivity index (χ4v) is 4.83. The number of ether oxygens (including phenoxy) is 2. The van der Waals surface area contributed by atoms with Crippen LogP contribution in [0.25, 0.3) is 0 Å². The number of guanidine groups is 1. The number of nitrogens with one attached hydrogen (secondary N) is 1. The molecule has 1 saturated carbocycles.